The van der Waals surface area contributed by atoms with E-state index in [1.54, 1.807) is 18.2 Å². The highest BCUT2D eigenvalue weighted by Gasteiger charge is 2.27. The summed E-state index contributed by atoms with van der Waals surface area (Å²) in [4.78, 5) is 12.6. The third kappa shape index (κ3) is 5.70. The summed E-state index contributed by atoms with van der Waals surface area (Å²) < 4.78 is 46.3. The summed E-state index contributed by atoms with van der Waals surface area (Å²) in [6, 6.07) is 15.1. The van der Waals surface area contributed by atoms with Gasteiger partial charge in [0.15, 0.2) is 0 Å². The molecule has 1 N–H and O–H groups in total. The number of halogens is 3. The average molecular weight is 497 g/mol. The van der Waals surface area contributed by atoms with Crippen LogP contribution in [0.15, 0.2) is 71.6 Å². The van der Waals surface area contributed by atoms with Crippen LogP contribution in [0, 0.1) is 5.82 Å². The molecule has 0 saturated carbocycles. The van der Waals surface area contributed by atoms with E-state index in [4.69, 9.17) is 27.9 Å². The summed E-state index contributed by atoms with van der Waals surface area (Å²) in [5, 5.41) is 3.17. The third-order valence-corrected chi connectivity index (χ3v) is 6.68. The maximum Gasteiger partial charge on any atom is 0.264 e. The van der Waals surface area contributed by atoms with Crippen LogP contribution < -0.4 is 14.4 Å². The molecule has 6 nitrogen and oxygen atoms in total. The first-order valence-electron chi connectivity index (χ1n) is 9.47. The zero-order valence-corrected chi connectivity index (χ0v) is 19.2. The summed E-state index contributed by atoms with van der Waals surface area (Å²) in [5.41, 5.74) is 0.472. The van der Waals surface area contributed by atoms with Crippen molar-refractivity contribution in [3.8, 4) is 5.75 Å². The minimum absolute atomic E-state index is 0.165. The summed E-state index contributed by atoms with van der Waals surface area (Å²) in [5.74, 6) is -0.677. The van der Waals surface area contributed by atoms with Crippen molar-refractivity contribution in [2.45, 2.75) is 11.8 Å². The Bertz CT molecular complexity index is 1200. The van der Waals surface area contributed by atoms with Crippen molar-refractivity contribution in [1.82, 2.24) is 0 Å². The van der Waals surface area contributed by atoms with E-state index >= 15 is 0 Å². The number of benzene rings is 3. The van der Waals surface area contributed by atoms with Crippen LogP contribution in [0.1, 0.15) is 6.92 Å². The van der Waals surface area contributed by atoms with Crippen LogP contribution in [0.25, 0.3) is 0 Å². The standard InChI is InChI=1S/C22H19Cl2FN2O4S/c1-2-31-18-8-6-17(7-9-18)27(32(29,30)19-10-4-16(25)5-11-19)14-22(28)26-21-13-15(23)3-12-20(21)24/h3-13H,2,14H2,1H3,(H,26,28). The number of hydrogen-bond acceptors (Lipinski definition) is 4. The number of anilines is 2. The maximum absolute atomic E-state index is 13.3. The third-order valence-electron chi connectivity index (χ3n) is 4.33. The van der Waals surface area contributed by atoms with Gasteiger partial charge in [-0.15, -0.1) is 0 Å². The molecule has 0 saturated heterocycles. The predicted octanol–water partition coefficient (Wildman–Crippen LogP) is 5.37. The van der Waals surface area contributed by atoms with Crippen molar-refractivity contribution in [3.05, 3.63) is 82.6 Å². The number of ether oxygens (including phenoxy) is 1. The topological polar surface area (TPSA) is 75.7 Å². The van der Waals surface area contributed by atoms with Gasteiger partial charge in [0.1, 0.15) is 18.1 Å². The molecule has 0 aliphatic carbocycles. The summed E-state index contributed by atoms with van der Waals surface area (Å²) in [6.45, 7) is 1.71. The average Bonchev–Trinajstić information content (AvgIpc) is 2.76. The molecule has 0 aliphatic heterocycles. The zero-order valence-electron chi connectivity index (χ0n) is 16.9. The molecular weight excluding hydrogens is 478 g/mol. The Balaban J connectivity index is 1.95. The first-order valence-corrected chi connectivity index (χ1v) is 11.7. The van der Waals surface area contributed by atoms with E-state index in [1.807, 2.05) is 6.92 Å². The quantitative estimate of drug-likeness (QED) is 0.455. The van der Waals surface area contributed by atoms with Crippen molar-refractivity contribution in [1.29, 1.82) is 0 Å². The van der Waals surface area contributed by atoms with Crippen LogP contribution >= 0.6 is 23.2 Å². The van der Waals surface area contributed by atoms with E-state index in [0.29, 0.717) is 17.4 Å². The second-order valence-corrected chi connectivity index (χ2v) is 9.27. The van der Waals surface area contributed by atoms with Crippen molar-refractivity contribution in [2.75, 3.05) is 22.8 Å². The molecule has 0 aromatic heterocycles. The Morgan fingerprint density at radius 2 is 1.69 bits per heavy atom. The molecule has 0 atom stereocenters. The summed E-state index contributed by atoms with van der Waals surface area (Å²) >= 11 is 12.0. The lowest BCUT2D eigenvalue weighted by Gasteiger charge is -2.24. The van der Waals surface area contributed by atoms with Crippen molar-refractivity contribution >= 4 is 50.5 Å². The van der Waals surface area contributed by atoms with Gasteiger partial charge in [0.25, 0.3) is 10.0 Å². The van der Waals surface area contributed by atoms with Gasteiger partial charge in [-0.3, -0.25) is 9.10 Å². The van der Waals surface area contributed by atoms with Crippen LogP contribution in [0.3, 0.4) is 0 Å². The summed E-state index contributed by atoms with van der Waals surface area (Å²) in [7, 11) is -4.20. The van der Waals surface area contributed by atoms with Crippen LogP contribution in [-0.4, -0.2) is 27.5 Å². The molecule has 1 amide bonds. The lowest BCUT2D eigenvalue weighted by Crippen LogP contribution is -2.38. The van der Waals surface area contributed by atoms with E-state index in [2.05, 4.69) is 5.32 Å². The minimum Gasteiger partial charge on any atom is -0.494 e. The van der Waals surface area contributed by atoms with E-state index in [9.17, 15) is 17.6 Å². The molecule has 3 aromatic carbocycles. The van der Waals surface area contributed by atoms with Gasteiger partial charge in [0.05, 0.1) is 27.9 Å². The molecule has 10 heteroatoms. The molecule has 0 unspecified atom stereocenters. The first-order chi connectivity index (χ1) is 15.2. The van der Waals surface area contributed by atoms with Gasteiger partial charge < -0.3 is 10.1 Å². The fraction of sp³-hybridized carbons (Fsp3) is 0.136. The second-order valence-electron chi connectivity index (χ2n) is 6.56. The number of nitrogens with zero attached hydrogens (tertiary/aromatic N) is 1. The van der Waals surface area contributed by atoms with Gasteiger partial charge in [-0.2, -0.15) is 0 Å². The van der Waals surface area contributed by atoms with E-state index in [0.717, 1.165) is 28.6 Å². The van der Waals surface area contributed by atoms with Crippen LogP contribution in [0.2, 0.25) is 10.0 Å². The second kappa shape index (κ2) is 10.2. The van der Waals surface area contributed by atoms with Crippen molar-refractivity contribution in [2.24, 2.45) is 0 Å². The highest BCUT2D eigenvalue weighted by molar-refractivity contribution is 7.92. The molecule has 0 radical (unpaired) electrons. The molecule has 168 valence electrons. The fourth-order valence-electron chi connectivity index (χ4n) is 2.84. The Hall–Kier alpha value is -2.81. The molecule has 3 aromatic rings. The Morgan fingerprint density at radius 3 is 2.31 bits per heavy atom. The van der Waals surface area contributed by atoms with Gasteiger partial charge in [-0.1, -0.05) is 23.2 Å². The first kappa shape index (κ1) is 23.8. The molecule has 0 spiro atoms. The van der Waals surface area contributed by atoms with Crippen LogP contribution in [-0.2, 0) is 14.8 Å². The molecule has 0 fully saturated rings. The number of sulfonamides is 1. The highest BCUT2D eigenvalue weighted by Crippen LogP contribution is 2.28. The predicted molar refractivity (Wildman–Crippen MR) is 124 cm³/mol. The van der Waals surface area contributed by atoms with Crippen molar-refractivity contribution < 1.29 is 22.3 Å². The van der Waals surface area contributed by atoms with Gasteiger partial charge in [-0.25, -0.2) is 12.8 Å². The monoisotopic (exact) mass is 496 g/mol. The molecule has 0 aliphatic rings. The minimum atomic E-state index is -4.20. The molecule has 0 heterocycles. The Labute approximate surface area is 195 Å². The Morgan fingerprint density at radius 1 is 1.03 bits per heavy atom. The van der Waals surface area contributed by atoms with Gasteiger partial charge >= 0.3 is 0 Å². The molecular formula is C22H19Cl2FN2O4S. The maximum atomic E-state index is 13.3. The van der Waals surface area contributed by atoms with Crippen molar-refractivity contribution in [3.63, 3.8) is 0 Å². The molecule has 0 bridgehead atoms. The van der Waals surface area contributed by atoms with Crippen LogP contribution in [0.5, 0.6) is 5.75 Å². The van der Waals surface area contributed by atoms with Crippen LogP contribution in [0.4, 0.5) is 15.8 Å². The normalized spacial score (nSPS) is 11.1. The lowest BCUT2D eigenvalue weighted by molar-refractivity contribution is -0.114. The number of carbonyl (C=O) groups is 1. The smallest absolute Gasteiger partial charge is 0.264 e. The fourth-order valence-corrected chi connectivity index (χ4v) is 4.60. The number of carbonyl (C=O) groups excluding carboxylic acids is 1. The van der Waals surface area contributed by atoms with Gasteiger partial charge in [0.2, 0.25) is 5.91 Å². The van der Waals surface area contributed by atoms with Gasteiger partial charge in [0, 0.05) is 5.02 Å². The number of nitrogens with one attached hydrogen (secondary N) is 1. The van der Waals surface area contributed by atoms with E-state index in [1.165, 1.54) is 24.3 Å². The Kier molecular flexibility index (Phi) is 7.60. The zero-order chi connectivity index (χ0) is 23.3. The molecule has 3 rings (SSSR count). The lowest BCUT2D eigenvalue weighted by atomic mass is 10.3. The number of hydrogen-bond donors (Lipinski definition) is 1. The summed E-state index contributed by atoms with van der Waals surface area (Å²) in [6.07, 6.45) is 0. The molecule has 32 heavy (non-hydrogen) atoms. The largest absolute Gasteiger partial charge is 0.494 e. The number of rotatable bonds is 8. The SMILES string of the molecule is CCOc1ccc(N(CC(=O)Nc2cc(Cl)ccc2Cl)S(=O)(=O)c2ccc(F)cc2)cc1. The van der Waals surface area contributed by atoms with E-state index < -0.39 is 28.3 Å². The highest BCUT2D eigenvalue weighted by atomic mass is 35.5. The number of amides is 1. The van der Waals surface area contributed by atoms with Gasteiger partial charge in [-0.05, 0) is 73.7 Å². The van der Waals surface area contributed by atoms with E-state index in [-0.39, 0.29) is 21.3 Å².